The van der Waals surface area contributed by atoms with Gasteiger partial charge in [-0.05, 0) is 24.6 Å². The Bertz CT molecular complexity index is 566. The lowest BCUT2D eigenvalue weighted by atomic mass is 10.3. The molecule has 0 bridgehead atoms. The highest BCUT2D eigenvalue weighted by Crippen LogP contribution is 2.15. The van der Waals surface area contributed by atoms with E-state index in [1.165, 1.54) is 0 Å². The highest BCUT2D eigenvalue weighted by Gasteiger charge is 2.11. The number of rotatable bonds is 5. The molecule has 2 aromatic rings. The van der Waals surface area contributed by atoms with E-state index in [9.17, 15) is 4.79 Å². The van der Waals surface area contributed by atoms with Gasteiger partial charge in [0.2, 0.25) is 0 Å². The third-order valence-electron chi connectivity index (χ3n) is 2.63. The first kappa shape index (κ1) is 13.8. The van der Waals surface area contributed by atoms with Gasteiger partial charge in [-0.1, -0.05) is 35.3 Å². The van der Waals surface area contributed by atoms with Crippen molar-refractivity contribution in [3.8, 4) is 5.69 Å². The summed E-state index contributed by atoms with van der Waals surface area (Å²) in [5.74, 6) is -0.373. The molecule has 0 unspecified atom stereocenters. The minimum Gasteiger partial charge on any atom is -0.461 e. The maximum Gasteiger partial charge on any atom is 0.358 e. The molecule has 0 fully saturated rings. The Kier molecular flexibility index (Phi) is 4.74. The van der Waals surface area contributed by atoms with E-state index in [2.05, 4.69) is 27.8 Å². The highest BCUT2D eigenvalue weighted by molar-refractivity contribution is 9.10. The van der Waals surface area contributed by atoms with Crippen molar-refractivity contribution in [1.29, 1.82) is 0 Å². The number of hydrogen-bond acceptors (Lipinski definition) is 3. The first-order valence-electron chi connectivity index (χ1n) is 6.17. The lowest BCUT2D eigenvalue weighted by Crippen LogP contribution is -2.06. The van der Waals surface area contributed by atoms with Crippen LogP contribution < -0.4 is 0 Å². The van der Waals surface area contributed by atoms with Crippen LogP contribution in [0.2, 0.25) is 0 Å². The van der Waals surface area contributed by atoms with Crippen LogP contribution in [0.4, 0.5) is 0 Å². The van der Waals surface area contributed by atoms with Crippen LogP contribution in [0.5, 0.6) is 0 Å². The van der Waals surface area contributed by atoms with Gasteiger partial charge in [0.25, 0.3) is 0 Å². The van der Waals surface area contributed by atoms with Gasteiger partial charge in [-0.3, -0.25) is 0 Å². The lowest BCUT2D eigenvalue weighted by Gasteiger charge is -2.02. The maximum atomic E-state index is 11.7. The summed E-state index contributed by atoms with van der Waals surface area (Å²) in [5.41, 5.74) is 1.27. The van der Waals surface area contributed by atoms with Crippen LogP contribution in [0.25, 0.3) is 5.69 Å². The monoisotopic (exact) mass is 322 g/mol. The standard InChI is InChI=1S/C14H15BrN2O2/c1-2-3-7-19-14(18)13-9-17(10-16-13)12-6-4-5-11(15)8-12/h4-6,8-10H,2-3,7H2,1H3. The molecule has 0 saturated carbocycles. The van der Waals surface area contributed by atoms with Crippen molar-refractivity contribution in [2.75, 3.05) is 6.61 Å². The average Bonchev–Trinajstić information content (AvgIpc) is 2.88. The van der Waals surface area contributed by atoms with Crippen molar-refractivity contribution in [2.45, 2.75) is 19.8 Å². The van der Waals surface area contributed by atoms with Crippen molar-refractivity contribution in [3.63, 3.8) is 0 Å². The number of aromatic nitrogens is 2. The van der Waals surface area contributed by atoms with Crippen LogP contribution in [0, 0.1) is 0 Å². The van der Waals surface area contributed by atoms with E-state index in [0.717, 1.165) is 23.0 Å². The molecule has 0 N–H and O–H groups in total. The van der Waals surface area contributed by atoms with Crippen LogP contribution in [0.3, 0.4) is 0 Å². The number of nitrogens with zero attached hydrogens (tertiary/aromatic N) is 2. The minimum absolute atomic E-state index is 0.330. The summed E-state index contributed by atoms with van der Waals surface area (Å²) < 4.78 is 7.89. The largest absolute Gasteiger partial charge is 0.461 e. The Labute approximate surface area is 120 Å². The number of ether oxygens (including phenoxy) is 1. The molecule has 5 heteroatoms. The van der Waals surface area contributed by atoms with Gasteiger partial charge in [-0.2, -0.15) is 0 Å². The van der Waals surface area contributed by atoms with Crippen molar-refractivity contribution in [3.05, 3.63) is 47.0 Å². The molecule has 1 heterocycles. The van der Waals surface area contributed by atoms with E-state index in [4.69, 9.17) is 4.74 Å². The minimum atomic E-state index is -0.373. The molecule has 4 nitrogen and oxygen atoms in total. The zero-order chi connectivity index (χ0) is 13.7. The maximum absolute atomic E-state index is 11.7. The number of halogens is 1. The number of hydrogen-bond donors (Lipinski definition) is 0. The number of benzene rings is 1. The summed E-state index contributed by atoms with van der Waals surface area (Å²) in [6.07, 6.45) is 5.16. The Balaban J connectivity index is 2.08. The molecule has 0 spiro atoms. The molecule has 19 heavy (non-hydrogen) atoms. The average molecular weight is 323 g/mol. The number of imidazole rings is 1. The topological polar surface area (TPSA) is 44.1 Å². The molecular weight excluding hydrogens is 308 g/mol. The van der Waals surface area contributed by atoms with Gasteiger partial charge < -0.3 is 9.30 Å². The van der Waals surface area contributed by atoms with Crippen LogP contribution in [-0.2, 0) is 4.74 Å². The molecule has 100 valence electrons. The quantitative estimate of drug-likeness (QED) is 0.624. The summed E-state index contributed by atoms with van der Waals surface area (Å²) in [5, 5.41) is 0. The molecule has 1 aromatic heterocycles. The van der Waals surface area contributed by atoms with E-state index < -0.39 is 0 Å². The number of carbonyl (C=O) groups is 1. The SMILES string of the molecule is CCCCOC(=O)c1cn(-c2cccc(Br)c2)cn1. The Morgan fingerprint density at radius 3 is 3.05 bits per heavy atom. The predicted molar refractivity (Wildman–Crippen MR) is 76.5 cm³/mol. The fourth-order valence-electron chi connectivity index (χ4n) is 1.59. The molecular formula is C14H15BrN2O2. The van der Waals surface area contributed by atoms with Gasteiger partial charge in [0.1, 0.15) is 6.33 Å². The summed E-state index contributed by atoms with van der Waals surface area (Å²) >= 11 is 3.41. The fraction of sp³-hybridized carbons (Fsp3) is 0.286. The van der Waals surface area contributed by atoms with E-state index in [-0.39, 0.29) is 5.97 Å². The number of carbonyl (C=O) groups excluding carboxylic acids is 1. The van der Waals surface area contributed by atoms with Gasteiger partial charge >= 0.3 is 5.97 Å². The molecule has 1 aromatic carbocycles. The summed E-state index contributed by atoms with van der Waals surface area (Å²) in [6.45, 7) is 2.49. The van der Waals surface area contributed by atoms with Gasteiger partial charge in [-0.15, -0.1) is 0 Å². The summed E-state index contributed by atoms with van der Waals surface area (Å²) in [6, 6.07) is 7.77. The Morgan fingerprint density at radius 1 is 1.47 bits per heavy atom. The van der Waals surface area contributed by atoms with Gasteiger partial charge in [-0.25, -0.2) is 9.78 Å². The predicted octanol–water partition coefficient (Wildman–Crippen LogP) is 3.59. The van der Waals surface area contributed by atoms with Crippen molar-refractivity contribution >= 4 is 21.9 Å². The second-order valence-corrected chi connectivity index (χ2v) is 5.05. The summed E-state index contributed by atoms with van der Waals surface area (Å²) in [4.78, 5) is 15.8. The van der Waals surface area contributed by atoms with E-state index in [1.54, 1.807) is 17.1 Å². The van der Waals surface area contributed by atoms with Gasteiger partial charge in [0, 0.05) is 16.4 Å². The summed E-state index contributed by atoms with van der Waals surface area (Å²) in [7, 11) is 0. The number of esters is 1. The van der Waals surface area contributed by atoms with Gasteiger partial charge in [0.05, 0.1) is 6.61 Å². The Morgan fingerprint density at radius 2 is 2.32 bits per heavy atom. The van der Waals surface area contributed by atoms with Crippen LogP contribution in [0.1, 0.15) is 30.3 Å². The van der Waals surface area contributed by atoms with Gasteiger partial charge in [0.15, 0.2) is 5.69 Å². The zero-order valence-electron chi connectivity index (χ0n) is 10.7. The third-order valence-corrected chi connectivity index (χ3v) is 3.12. The van der Waals surface area contributed by atoms with Crippen molar-refractivity contribution < 1.29 is 9.53 Å². The second-order valence-electron chi connectivity index (χ2n) is 4.14. The molecule has 0 aliphatic carbocycles. The lowest BCUT2D eigenvalue weighted by molar-refractivity contribution is 0.0493. The first-order valence-corrected chi connectivity index (χ1v) is 6.97. The molecule has 0 amide bonds. The van der Waals surface area contributed by atoms with E-state index in [0.29, 0.717) is 12.3 Å². The molecule has 0 aliphatic rings. The molecule has 0 saturated heterocycles. The van der Waals surface area contributed by atoms with Crippen molar-refractivity contribution in [2.24, 2.45) is 0 Å². The van der Waals surface area contributed by atoms with E-state index >= 15 is 0 Å². The van der Waals surface area contributed by atoms with E-state index in [1.807, 2.05) is 24.3 Å². The van der Waals surface area contributed by atoms with Crippen LogP contribution in [0.15, 0.2) is 41.3 Å². The smallest absolute Gasteiger partial charge is 0.358 e. The van der Waals surface area contributed by atoms with Crippen LogP contribution >= 0.6 is 15.9 Å². The molecule has 2 rings (SSSR count). The third kappa shape index (κ3) is 3.67. The van der Waals surface area contributed by atoms with Crippen LogP contribution in [-0.4, -0.2) is 22.1 Å². The van der Waals surface area contributed by atoms with Crippen molar-refractivity contribution in [1.82, 2.24) is 9.55 Å². The molecule has 0 aliphatic heterocycles. The highest BCUT2D eigenvalue weighted by atomic mass is 79.9. The Hall–Kier alpha value is -1.62. The molecule has 0 radical (unpaired) electrons. The zero-order valence-corrected chi connectivity index (χ0v) is 12.3. The number of unbranched alkanes of at least 4 members (excludes halogenated alkanes) is 1. The first-order chi connectivity index (χ1) is 9.20. The fourth-order valence-corrected chi connectivity index (χ4v) is 1.98. The normalized spacial score (nSPS) is 10.4. The molecule has 0 atom stereocenters. The second kappa shape index (κ2) is 6.52.